The van der Waals surface area contributed by atoms with E-state index in [1.54, 1.807) is 18.5 Å². The van der Waals surface area contributed by atoms with Crippen molar-refractivity contribution < 1.29 is 14.6 Å². The minimum atomic E-state index is -0.739. The number of H-pyrrole nitrogens is 1. The van der Waals surface area contributed by atoms with Gasteiger partial charge in [-0.3, -0.25) is 4.79 Å². The molecule has 1 aromatic heterocycles. The smallest absolute Gasteiger partial charge is 0.237 e. The summed E-state index contributed by atoms with van der Waals surface area (Å²) in [5.41, 5.74) is -0.0354. The van der Waals surface area contributed by atoms with Gasteiger partial charge in [-0.25, -0.2) is 0 Å². The third kappa shape index (κ3) is 1.40. The molecule has 76 valence electrons. The fraction of sp³-hybridized carbons (Fsp3) is 0.444. The number of aliphatic hydroxyl groups excluding tert-OH is 1. The molecule has 5 nitrogen and oxygen atoms in total. The van der Waals surface area contributed by atoms with Crippen molar-refractivity contribution >= 4 is 11.6 Å². The van der Waals surface area contributed by atoms with Gasteiger partial charge in [-0.15, -0.1) is 0 Å². The summed E-state index contributed by atoms with van der Waals surface area (Å²) in [6.45, 7) is 0.406. The Bertz CT molecular complexity index is 311. The number of rotatable bonds is 3. The predicted molar refractivity (Wildman–Crippen MR) is 49.8 cm³/mol. The van der Waals surface area contributed by atoms with Crippen LogP contribution in [0.4, 0.5) is 5.69 Å². The first-order valence-corrected chi connectivity index (χ1v) is 4.40. The highest BCUT2D eigenvalue weighted by Gasteiger charge is 2.45. The molecule has 0 saturated carbocycles. The van der Waals surface area contributed by atoms with Gasteiger partial charge in [0, 0.05) is 12.4 Å². The maximum Gasteiger partial charge on any atom is 0.237 e. The first-order chi connectivity index (χ1) is 6.77. The van der Waals surface area contributed by atoms with Crippen LogP contribution in [0.25, 0.3) is 0 Å². The molecule has 1 fully saturated rings. The number of carbonyl (C=O) groups is 1. The second-order valence-corrected chi connectivity index (χ2v) is 3.49. The summed E-state index contributed by atoms with van der Waals surface area (Å²) in [5, 5.41) is 11.8. The zero-order chi connectivity index (χ0) is 10.0. The van der Waals surface area contributed by atoms with Gasteiger partial charge >= 0.3 is 0 Å². The van der Waals surface area contributed by atoms with Gasteiger partial charge in [0.1, 0.15) is 5.41 Å². The van der Waals surface area contributed by atoms with Gasteiger partial charge in [0.25, 0.3) is 0 Å². The minimum absolute atomic E-state index is 0.177. The summed E-state index contributed by atoms with van der Waals surface area (Å²) >= 11 is 0. The van der Waals surface area contributed by atoms with Crippen molar-refractivity contribution in [1.29, 1.82) is 0 Å². The van der Waals surface area contributed by atoms with Gasteiger partial charge in [0.2, 0.25) is 5.91 Å². The zero-order valence-corrected chi connectivity index (χ0v) is 7.62. The lowest BCUT2D eigenvalue weighted by atomic mass is 9.86. The van der Waals surface area contributed by atoms with Gasteiger partial charge in [0.05, 0.1) is 25.5 Å². The second kappa shape index (κ2) is 3.43. The van der Waals surface area contributed by atoms with E-state index in [1.807, 2.05) is 0 Å². The van der Waals surface area contributed by atoms with Crippen molar-refractivity contribution in [3.8, 4) is 0 Å². The lowest BCUT2D eigenvalue weighted by molar-refractivity contribution is -0.164. The molecule has 0 bridgehead atoms. The number of nitrogens with one attached hydrogen (secondary N) is 2. The summed E-state index contributed by atoms with van der Waals surface area (Å²) in [6.07, 6.45) is 3.40. The molecule has 3 N–H and O–H groups in total. The fourth-order valence-corrected chi connectivity index (χ4v) is 1.31. The van der Waals surface area contributed by atoms with Crippen LogP contribution in [0.15, 0.2) is 18.5 Å². The summed E-state index contributed by atoms with van der Waals surface area (Å²) in [7, 11) is 0. The highest BCUT2D eigenvalue weighted by Crippen LogP contribution is 2.28. The van der Waals surface area contributed by atoms with Crippen LogP contribution < -0.4 is 5.32 Å². The number of amides is 1. The lowest BCUT2D eigenvalue weighted by Gasteiger charge is -2.37. The van der Waals surface area contributed by atoms with Crippen LogP contribution in [0.5, 0.6) is 0 Å². The highest BCUT2D eigenvalue weighted by molar-refractivity contribution is 5.96. The van der Waals surface area contributed by atoms with Gasteiger partial charge < -0.3 is 20.1 Å². The van der Waals surface area contributed by atoms with Gasteiger partial charge in [0.15, 0.2) is 0 Å². The molecule has 1 aliphatic rings. The van der Waals surface area contributed by atoms with E-state index >= 15 is 0 Å². The molecular formula is C9H12N2O3. The maximum atomic E-state index is 11.7. The second-order valence-electron chi connectivity index (χ2n) is 3.49. The number of aromatic nitrogens is 1. The maximum absolute atomic E-state index is 11.7. The number of ether oxygens (including phenoxy) is 1. The van der Waals surface area contributed by atoms with E-state index in [4.69, 9.17) is 9.84 Å². The Morgan fingerprint density at radius 3 is 2.93 bits per heavy atom. The van der Waals surface area contributed by atoms with Gasteiger partial charge in [-0.2, -0.15) is 0 Å². The Morgan fingerprint density at radius 1 is 1.71 bits per heavy atom. The van der Waals surface area contributed by atoms with Crippen molar-refractivity contribution in [2.24, 2.45) is 5.41 Å². The standard InChI is InChI=1S/C9H12N2O3/c12-4-9(5-14-6-9)8(13)11-7-1-2-10-3-7/h1-3,10,12H,4-6H2,(H,11,13). The van der Waals surface area contributed by atoms with E-state index in [9.17, 15) is 4.79 Å². The largest absolute Gasteiger partial charge is 0.395 e. The zero-order valence-electron chi connectivity index (χ0n) is 7.62. The van der Waals surface area contributed by atoms with Crippen molar-refractivity contribution in [2.75, 3.05) is 25.1 Å². The molecular weight excluding hydrogens is 184 g/mol. The van der Waals surface area contributed by atoms with Gasteiger partial charge in [-0.1, -0.05) is 0 Å². The lowest BCUT2D eigenvalue weighted by Crippen LogP contribution is -2.54. The fourth-order valence-electron chi connectivity index (χ4n) is 1.31. The van der Waals surface area contributed by atoms with E-state index in [0.717, 1.165) is 0 Å². The number of hydrogen-bond acceptors (Lipinski definition) is 3. The molecule has 0 aliphatic carbocycles. The van der Waals surface area contributed by atoms with E-state index in [0.29, 0.717) is 18.9 Å². The van der Waals surface area contributed by atoms with E-state index in [2.05, 4.69) is 10.3 Å². The summed E-state index contributed by atoms with van der Waals surface area (Å²) in [5.74, 6) is -0.189. The summed E-state index contributed by atoms with van der Waals surface area (Å²) < 4.78 is 4.94. The van der Waals surface area contributed by atoms with Crippen molar-refractivity contribution in [2.45, 2.75) is 0 Å². The Balaban J connectivity index is 2.01. The van der Waals surface area contributed by atoms with E-state index in [1.165, 1.54) is 0 Å². The normalized spacial score (nSPS) is 18.6. The van der Waals surface area contributed by atoms with Crippen LogP contribution in [0, 0.1) is 5.41 Å². The molecule has 0 unspecified atom stereocenters. The van der Waals surface area contributed by atoms with E-state index in [-0.39, 0.29) is 12.5 Å². The third-order valence-electron chi connectivity index (χ3n) is 2.40. The predicted octanol–water partition coefficient (Wildman–Crippen LogP) is -0.0379. The molecule has 0 spiro atoms. The number of hydrogen-bond donors (Lipinski definition) is 3. The molecule has 2 heterocycles. The van der Waals surface area contributed by atoms with Crippen LogP contribution in [0.3, 0.4) is 0 Å². The monoisotopic (exact) mass is 196 g/mol. The number of carbonyl (C=O) groups excluding carboxylic acids is 1. The summed E-state index contributed by atoms with van der Waals surface area (Å²) in [6, 6.07) is 1.75. The quantitative estimate of drug-likeness (QED) is 0.635. The van der Waals surface area contributed by atoms with Crippen molar-refractivity contribution in [3.05, 3.63) is 18.5 Å². The van der Waals surface area contributed by atoms with Crippen LogP contribution in [-0.4, -0.2) is 35.8 Å². The summed E-state index contributed by atoms with van der Waals surface area (Å²) in [4.78, 5) is 14.5. The Hall–Kier alpha value is -1.33. The van der Waals surface area contributed by atoms with E-state index < -0.39 is 5.41 Å². The molecule has 1 amide bonds. The SMILES string of the molecule is O=C(Nc1cc[nH]c1)C1(CO)COC1. The van der Waals surface area contributed by atoms with Crippen LogP contribution in [0.1, 0.15) is 0 Å². The number of aliphatic hydroxyl groups is 1. The van der Waals surface area contributed by atoms with Gasteiger partial charge in [-0.05, 0) is 6.07 Å². The molecule has 1 saturated heterocycles. The number of anilines is 1. The molecule has 0 aromatic carbocycles. The Kier molecular flexibility index (Phi) is 2.26. The van der Waals surface area contributed by atoms with Crippen molar-refractivity contribution in [1.82, 2.24) is 4.98 Å². The number of aromatic amines is 1. The molecule has 0 atom stereocenters. The topological polar surface area (TPSA) is 74.4 Å². The molecule has 5 heteroatoms. The van der Waals surface area contributed by atoms with Crippen LogP contribution in [0.2, 0.25) is 0 Å². The van der Waals surface area contributed by atoms with Crippen molar-refractivity contribution in [3.63, 3.8) is 0 Å². The first-order valence-electron chi connectivity index (χ1n) is 4.40. The molecule has 2 rings (SSSR count). The highest BCUT2D eigenvalue weighted by atomic mass is 16.5. The van der Waals surface area contributed by atoms with Crippen LogP contribution >= 0.6 is 0 Å². The average molecular weight is 196 g/mol. The minimum Gasteiger partial charge on any atom is -0.395 e. The van der Waals surface area contributed by atoms with Crippen LogP contribution in [-0.2, 0) is 9.53 Å². The molecule has 14 heavy (non-hydrogen) atoms. The Morgan fingerprint density at radius 2 is 2.50 bits per heavy atom. The average Bonchev–Trinajstić information content (AvgIpc) is 2.55. The molecule has 1 aromatic rings. The first kappa shape index (κ1) is 9.23. The Labute approximate surface area is 81.1 Å². The molecule has 1 aliphatic heterocycles. The molecule has 0 radical (unpaired) electrons. The third-order valence-corrected chi connectivity index (χ3v) is 2.40.